The third kappa shape index (κ3) is 5.70. The SMILES string of the molecule is CC(C)CCNC(=O)NC(=O)COc1ccc2c(-c3ccccc3)cc(=O)oc2c1. The molecular formula is C23H24N2O5. The van der Waals surface area contributed by atoms with Crippen LogP contribution in [0.2, 0.25) is 0 Å². The quantitative estimate of drug-likeness (QED) is 0.581. The molecule has 1 heterocycles. The minimum absolute atomic E-state index is 0.342. The van der Waals surface area contributed by atoms with Crippen molar-refractivity contribution in [2.24, 2.45) is 5.92 Å². The van der Waals surface area contributed by atoms with Gasteiger partial charge in [0.25, 0.3) is 5.91 Å². The van der Waals surface area contributed by atoms with Crippen LogP contribution in [0.5, 0.6) is 5.75 Å². The van der Waals surface area contributed by atoms with E-state index in [1.165, 1.54) is 6.07 Å². The molecule has 156 valence electrons. The molecule has 0 atom stereocenters. The monoisotopic (exact) mass is 408 g/mol. The van der Waals surface area contributed by atoms with Crippen LogP contribution in [-0.2, 0) is 4.79 Å². The molecule has 0 fully saturated rings. The van der Waals surface area contributed by atoms with Crippen molar-refractivity contribution >= 4 is 22.9 Å². The van der Waals surface area contributed by atoms with Crippen molar-refractivity contribution in [3.8, 4) is 16.9 Å². The average molecular weight is 408 g/mol. The van der Waals surface area contributed by atoms with E-state index in [0.29, 0.717) is 23.8 Å². The zero-order chi connectivity index (χ0) is 21.5. The highest BCUT2D eigenvalue weighted by Gasteiger charge is 2.11. The molecule has 0 spiro atoms. The van der Waals surface area contributed by atoms with E-state index < -0.39 is 17.6 Å². The second-order valence-corrected chi connectivity index (χ2v) is 7.28. The van der Waals surface area contributed by atoms with Crippen molar-refractivity contribution in [1.82, 2.24) is 10.6 Å². The summed E-state index contributed by atoms with van der Waals surface area (Å²) in [7, 11) is 0. The number of carbonyl (C=O) groups excluding carboxylic acids is 2. The summed E-state index contributed by atoms with van der Waals surface area (Å²) in [6.07, 6.45) is 0.825. The van der Waals surface area contributed by atoms with Gasteiger partial charge in [0, 0.05) is 24.1 Å². The second kappa shape index (κ2) is 9.73. The Labute approximate surface area is 174 Å². The van der Waals surface area contributed by atoms with Crippen LogP contribution in [0, 0.1) is 5.92 Å². The molecule has 30 heavy (non-hydrogen) atoms. The van der Waals surface area contributed by atoms with Crippen molar-refractivity contribution < 1.29 is 18.7 Å². The molecule has 3 aromatic rings. The van der Waals surface area contributed by atoms with Gasteiger partial charge < -0.3 is 14.5 Å². The number of carbonyl (C=O) groups is 2. The molecule has 7 heteroatoms. The number of hydrogen-bond donors (Lipinski definition) is 2. The number of ether oxygens (including phenoxy) is 1. The normalized spacial score (nSPS) is 10.8. The van der Waals surface area contributed by atoms with Crippen LogP contribution in [0.25, 0.3) is 22.1 Å². The molecule has 0 unspecified atom stereocenters. The topological polar surface area (TPSA) is 97.6 Å². The summed E-state index contributed by atoms with van der Waals surface area (Å²) in [5, 5.41) is 5.58. The Morgan fingerprint density at radius 1 is 1.07 bits per heavy atom. The van der Waals surface area contributed by atoms with E-state index in [0.717, 1.165) is 22.9 Å². The summed E-state index contributed by atoms with van der Waals surface area (Å²) in [6, 6.07) is 15.4. The summed E-state index contributed by atoms with van der Waals surface area (Å²) < 4.78 is 10.8. The number of fused-ring (bicyclic) bond motifs is 1. The molecule has 0 saturated carbocycles. The highest BCUT2D eigenvalue weighted by atomic mass is 16.5. The third-order valence-corrected chi connectivity index (χ3v) is 4.43. The van der Waals surface area contributed by atoms with E-state index in [1.54, 1.807) is 18.2 Å². The Balaban J connectivity index is 1.66. The Kier molecular flexibility index (Phi) is 6.85. The number of benzene rings is 2. The second-order valence-electron chi connectivity index (χ2n) is 7.28. The molecule has 0 radical (unpaired) electrons. The van der Waals surface area contributed by atoms with Crippen molar-refractivity contribution in [1.29, 1.82) is 0 Å². The van der Waals surface area contributed by atoms with E-state index in [-0.39, 0.29) is 6.61 Å². The molecule has 0 bridgehead atoms. The average Bonchev–Trinajstić information content (AvgIpc) is 2.71. The first-order chi connectivity index (χ1) is 14.4. The number of urea groups is 1. The van der Waals surface area contributed by atoms with Crippen LogP contribution in [-0.4, -0.2) is 25.1 Å². The minimum Gasteiger partial charge on any atom is -0.484 e. The van der Waals surface area contributed by atoms with Gasteiger partial charge in [0.1, 0.15) is 11.3 Å². The van der Waals surface area contributed by atoms with Gasteiger partial charge >= 0.3 is 11.7 Å². The van der Waals surface area contributed by atoms with E-state index >= 15 is 0 Å². The Hall–Kier alpha value is -3.61. The predicted molar refractivity (Wildman–Crippen MR) is 114 cm³/mol. The molecule has 0 aliphatic carbocycles. The Morgan fingerprint density at radius 2 is 1.83 bits per heavy atom. The smallest absolute Gasteiger partial charge is 0.336 e. The molecular weight excluding hydrogens is 384 g/mol. The summed E-state index contributed by atoms with van der Waals surface area (Å²) in [5.41, 5.74) is 1.52. The summed E-state index contributed by atoms with van der Waals surface area (Å²) in [5.74, 6) is 0.238. The fourth-order valence-corrected chi connectivity index (χ4v) is 2.92. The molecule has 2 aromatic carbocycles. The zero-order valence-corrected chi connectivity index (χ0v) is 16.9. The summed E-state index contributed by atoms with van der Waals surface area (Å²) in [6.45, 7) is 4.25. The van der Waals surface area contributed by atoms with Gasteiger partial charge in [0.2, 0.25) is 0 Å². The Bertz CT molecular complexity index is 1090. The highest BCUT2D eigenvalue weighted by Crippen LogP contribution is 2.29. The number of nitrogens with one attached hydrogen (secondary N) is 2. The predicted octanol–water partition coefficient (Wildman–Crippen LogP) is 3.71. The maximum Gasteiger partial charge on any atom is 0.336 e. The first kappa shape index (κ1) is 21.1. The molecule has 0 aliphatic rings. The molecule has 0 aliphatic heterocycles. The van der Waals surface area contributed by atoms with Gasteiger partial charge in [-0.05, 0) is 35.6 Å². The van der Waals surface area contributed by atoms with Crippen LogP contribution in [0.1, 0.15) is 20.3 Å². The number of rotatable bonds is 7. The van der Waals surface area contributed by atoms with E-state index in [1.807, 2.05) is 44.2 Å². The maximum absolute atomic E-state index is 12.0. The maximum atomic E-state index is 12.0. The number of hydrogen-bond acceptors (Lipinski definition) is 5. The lowest BCUT2D eigenvalue weighted by Gasteiger charge is -2.10. The van der Waals surface area contributed by atoms with Crippen molar-refractivity contribution in [2.75, 3.05) is 13.2 Å². The van der Waals surface area contributed by atoms with Gasteiger partial charge in [-0.15, -0.1) is 0 Å². The first-order valence-corrected chi connectivity index (χ1v) is 9.76. The summed E-state index contributed by atoms with van der Waals surface area (Å²) >= 11 is 0. The van der Waals surface area contributed by atoms with Gasteiger partial charge in [0.15, 0.2) is 6.61 Å². The molecule has 0 saturated heterocycles. The molecule has 2 N–H and O–H groups in total. The highest BCUT2D eigenvalue weighted by molar-refractivity contribution is 5.95. The molecule has 3 amide bonds. The lowest BCUT2D eigenvalue weighted by Crippen LogP contribution is -2.42. The van der Waals surface area contributed by atoms with Crippen LogP contribution in [0.4, 0.5) is 4.79 Å². The fraction of sp³-hybridized carbons (Fsp3) is 0.261. The molecule has 7 nitrogen and oxygen atoms in total. The standard InChI is InChI=1S/C23H24N2O5/c1-15(2)10-11-24-23(28)25-21(26)14-29-17-8-9-18-19(16-6-4-3-5-7-16)13-22(27)30-20(18)12-17/h3-9,12-13,15H,10-11,14H2,1-2H3,(H2,24,25,26,28). The van der Waals surface area contributed by atoms with E-state index in [4.69, 9.17) is 9.15 Å². The van der Waals surface area contributed by atoms with Crippen LogP contribution >= 0.6 is 0 Å². The van der Waals surface area contributed by atoms with E-state index in [9.17, 15) is 14.4 Å². The number of imide groups is 1. The lowest BCUT2D eigenvalue weighted by atomic mass is 10.0. The fourth-order valence-electron chi connectivity index (χ4n) is 2.92. The van der Waals surface area contributed by atoms with Crippen LogP contribution in [0.15, 0.2) is 63.8 Å². The number of amides is 3. The molecule has 3 rings (SSSR count). The van der Waals surface area contributed by atoms with Gasteiger partial charge in [0.05, 0.1) is 0 Å². The van der Waals surface area contributed by atoms with Gasteiger partial charge in [-0.25, -0.2) is 9.59 Å². The van der Waals surface area contributed by atoms with Gasteiger partial charge in [-0.3, -0.25) is 10.1 Å². The lowest BCUT2D eigenvalue weighted by molar-refractivity contribution is -0.122. The van der Waals surface area contributed by atoms with Crippen LogP contribution in [0.3, 0.4) is 0 Å². The van der Waals surface area contributed by atoms with Crippen molar-refractivity contribution in [3.05, 3.63) is 65.0 Å². The van der Waals surface area contributed by atoms with Gasteiger partial charge in [-0.2, -0.15) is 0 Å². The third-order valence-electron chi connectivity index (χ3n) is 4.43. The van der Waals surface area contributed by atoms with Crippen LogP contribution < -0.4 is 21.0 Å². The largest absolute Gasteiger partial charge is 0.484 e. The zero-order valence-electron chi connectivity index (χ0n) is 16.9. The Morgan fingerprint density at radius 3 is 2.57 bits per heavy atom. The van der Waals surface area contributed by atoms with Crippen molar-refractivity contribution in [2.45, 2.75) is 20.3 Å². The van der Waals surface area contributed by atoms with Crippen molar-refractivity contribution in [3.63, 3.8) is 0 Å². The summed E-state index contributed by atoms with van der Waals surface area (Å²) in [4.78, 5) is 35.6. The first-order valence-electron chi connectivity index (χ1n) is 9.76. The minimum atomic E-state index is -0.573. The molecule has 1 aromatic heterocycles. The van der Waals surface area contributed by atoms with Gasteiger partial charge in [-0.1, -0.05) is 44.2 Å². The van der Waals surface area contributed by atoms with E-state index in [2.05, 4.69) is 10.6 Å².